The van der Waals surface area contributed by atoms with E-state index in [2.05, 4.69) is 31.4 Å². The molecular formula is C12H24N2O3. The van der Waals surface area contributed by atoms with Gasteiger partial charge in [-0.25, -0.2) is 9.59 Å². The molecule has 100 valence electrons. The molecule has 0 saturated heterocycles. The van der Waals surface area contributed by atoms with Crippen LogP contribution in [0.5, 0.6) is 0 Å². The molecule has 0 radical (unpaired) electrons. The molecule has 0 bridgehead atoms. The average molecular weight is 244 g/mol. The molecule has 0 aromatic carbocycles. The van der Waals surface area contributed by atoms with Gasteiger partial charge in [-0.2, -0.15) is 0 Å². The normalized spacial score (nSPS) is 14.0. The fourth-order valence-electron chi connectivity index (χ4n) is 0.933. The van der Waals surface area contributed by atoms with Crippen molar-refractivity contribution in [3.8, 4) is 0 Å². The highest BCUT2D eigenvalue weighted by Crippen LogP contribution is 2.24. The first-order valence-corrected chi connectivity index (χ1v) is 5.76. The van der Waals surface area contributed by atoms with Crippen LogP contribution in [0.3, 0.4) is 0 Å². The smallest absolute Gasteiger partial charge is 0.328 e. The Labute approximate surface area is 103 Å². The Bertz CT molecular complexity index is 293. The number of carbonyl (C=O) groups is 2. The quantitative estimate of drug-likeness (QED) is 0.706. The van der Waals surface area contributed by atoms with Crippen LogP contribution in [-0.4, -0.2) is 29.2 Å². The van der Waals surface area contributed by atoms with Crippen LogP contribution >= 0.6 is 0 Å². The number of nitrogens with one attached hydrogen (secondary N) is 2. The minimum atomic E-state index is -1.25. The van der Waals surface area contributed by atoms with Crippen LogP contribution in [0, 0.1) is 11.3 Å². The Balaban J connectivity index is 4.18. The molecule has 0 spiro atoms. The van der Waals surface area contributed by atoms with Gasteiger partial charge in [-0.1, -0.05) is 27.7 Å². The largest absolute Gasteiger partial charge is 0.480 e. The van der Waals surface area contributed by atoms with Crippen LogP contribution in [-0.2, 0) is 4.79 Å². The molecule has 0 aliphatic rings. The Hall–Kier alpha value is -1.26. The van der Waals surface area contributed by atoms with Crippen molar-refractivity contribution < 1.29 is 14.7 Å². The summed E-state index contributed by atoms with van der Waals surface area (Å²) in [5.74, 6) is -0.752. The van der Waals surface area contributed by atoms with E-state index >= 15 is 0 Å². The minimum Gasteiger partial charge on any atom is -0.480 e. The maximum absolute atomic E-state index is 11.5. The summed E-state index contributed by atoms with van der Waals surface area (Å²) in [5, 5.41) is 14.0. The van der Waals surface area contributed by atoms with Crippen LogP contribution in [0.15, 0.2) is 0 Å². The average Bonchev–Trinajstić information content (AvgIpc) is 2.11. The van der Waals surface area contributed by atoms with E-state index in [-0.39, 0.29) is 5.41 Å². The number of aliphatic carboxylic acids is 1. The number of carboxylic acid groups (broad SMARTS) is 1. The Morgan fingerprint density at radius 1 is 1.18 bits per heavy atom. The summed E-state index contributed by atoms with van der Waals surface area (Å²) in [7, 11) is 0. The van der Waals surface area contributed by atoms with Crippen molar-refractivity contribution in [3.63, 3.8) is 0 Å². The van der Waals surface area contributed by atoms with Gasteiger partial charge in [-0.15, -0.1) is 0 Å². The molecular weight excluding hydrogens is 220 g/mol. The highest BCUT2D eigenvalue weighted by Gasteiger charge is 2.29. The van der Waals surface area contributed by atoms with E-state index in [1.807, 2.05) is 6.92 Å². The van der Waals surface area contributed by atoms with Crippen LogP contribution in [0.25, 0.3) is 0 Å². The fourth-order valence-corrected chi connectivity index (χ4v) is 0.933. The van der Waals surface area contributed by atoms with Crippen molar-refractivity contribution in [1.82, 2.24) is 10.6 Å². The highest BCUT2D eigenvalue weighted by atomic mass is 16.4. The van der Waals surface area contributed by atoms with Crippen LogP contribution in [0.1, 0.15) is 41.5 Å². The third-order valence-corrected chi connectivity index (χ3v) is 3.01. The van der Waals surface area contributed by atoms with Crippen LogP contribution in [0.2, 0.25) is 0 Å². The lowest BCUT2D eigenvalue weighted by atomic mass is 9.82. The van der Waals surface area contributed by atoms with Gasteiger partial charge >= 0.3 is 12.0 Å². The van der Waals surface area contributed by atoms with E-state index in [1.54, 1.807) is 0 Å². The second-order valence-electron chi connectivity index (χ2n) is 6.03. The maximum atomic E-state index is 11.5. The van der Waals surface area contributed by atoms with Gasteiger partial charge in [0.25, 0.3) is 0 Å². The van der Waals surface area contributed by atoms with Gasteiger partial charge in [0.1, 0.15) is 5.54 Å². The molecule has 0 heterocycles. The van der Waals surface area contributed by atoms with Gasteiger partial charge < -0.3 is 15.7 Å². The Morgan fingerprint density at radius 3 is 2.00 bits per heavy atom. The number of urea groups is 1. The fraction of sp³-hybridized carbons (Fsp3) is 0.833. The van der Waals surface area contributed by atoms with E-state index in [4.69, 9.17) is 5.11 Å². The zero-order valence-electron chi connectivity index (χ0n) is 11.5. The predicted molar refractivity (Wildman–Crippen MR) is 66.9 cm³/mol. The summed E-state index contributed by atoms with van der Waals surface area (Å²) in [5.41, 5.74) is -1.15. The van der Waals surface area contributed by atoms with Gasteiger partial charge in [0, 0.05) is 6.54 Å². The summed E-state index contributed by atoms with van der Waals surface area (Å²) in [6.07, 6.45) is 0. The van der Waals surface area contributed by atoms with E-state index in [0.717, 1.165) is 0 Å². The second kappa shape index (κ2) is 5.38. The van der Waals surface area contributed by atoms with E-state index < -0.39 is 17.5 Å². The van der Waals surface area contributed by atoms with Gasteiger partial charge in [-0.3, -0.25) is 0 Å². The first-order chi connectivity index (χ1) is 7.47. The molecule has 0 aliphatic carbocycles. The lowest BCUT2D eigenvalue weighted by Crippen LogP contribution is -2.53. The number of amides is 2. The summed E-state index contributed by atoms with van der Waals surface area (Å²) < 4.78 is 0. The molecule has 3 N–H and O–H groups in total. The van der Waals surface area contributed by atoms with E-state index in [9.17, 15) is 9.59 Å². The third kappa shape index (κ3) is 5.56. The molecule has 0 fully saturated rings. The topological polar surface area (TPSA) is 78.4 Å². The Kier molecular flexibility index (Phi) is 4.98. The minimum absolute atomic E-state index is 0.107. The maximum Gasteiger partial charge on any atom is 0.328 e. The van der Waals surface area contributed by atoms with Gasteiger partial charge in [0.05, 0.1) is 0 Å². The lowest BCUT2D eigenvalue weighted by molar-refractivity contribution is -0.142. The monoisotopic (exact) mass is 244 g/mol. The molecule has 1 unspecified atom stereocenters. The van der Waals surface area contributed by atoms with E-state index in [0.29, 0.717) is 12.5 Å². The molecule has 5 heteroatoms. The third-order valence-electron chi connectivity index (χ3n) is 3.01. The summed E-state index contributed by atoms with van der Waals surface area (Å²) in [6, 6.07) is -0.450. The van der Waals surface area contributed by atoms with Crippen LogP contribution < -0.4 is 10.6 Å². The summed E-state index contributed by atoms with van der Waals surface area (Å²) in [4.78, 5) is 22.3. The molecule has 0 saturated carbocycles. The second-order valence-corrected chi connectivity index (χ2v) is 6.03. The number of rotatable bonds is 4. The van der Waals surface area contributed by atoms with Gasteiger partial charge in [-0.05, 0) is 25.2 Å². The van der Waals surface area contributed by atoms with Crippen molar-refractivity contribution in [3.05, 3.63) is 0 Å². The Morgan fingerprint density at radius 2 is 1.65 bits per heavy atom. The molecule has 0 rings (SSSR count). The lowest BCUT2D eigenvalue weighted by Gasteiger charge is -2.28. The number of hydrogen-bond acceptors (Lipinski definition) is 2. The van der Waals surface area contributed by atoms with Crippen LogP contribution in [0.4, 0.5) is 4.79 Å². The van der Waals surface area contributed by atoms with Crippen molar-refractivity contribution in [2.75, 3.05) is 6.54 Å². The summed E-state index contributed by atoms with van der Waals surface area (Å²) in [6.45, 7) is 11.7. The number of hydrogen-bond donors (Lipinski definition) is 3. The molecule has 5 nitrogen and oxygen atoms in total. The molecule has 1 atom stereocenters. The van der Waals surface area contributed by atoms with Gasteiger partial charge in [0.15, 0.2) is 0 Å². The predicted octanol–water partition coefficient (Wildman–Crippen LogP) is 1.83. The number of carboxylic acids is 1. The molecule has 0 aromatic rings. The van der Waals surface area contributed by atoms with Crippen molar-refractivity contribution >= 4 is 12.0 Å². The number of carbonyl (C=O) groups excluding carboxylic acids is 1. The zero-order chi connectivity index (χ0) is 13.9. The first kappa shape index (κ1) is 15.7. The zero-order valence-corrected chi connectivity index (χ0v) is 11.5. The first-order valence-electron chi connectivity index (χ1n) is 5.76. The molecule has 0 aromatic heterocycles. The standard InChI is InChI=1S/C12H24N2O3/c1-8(11(2,3)4)7-13-10(17)14-12(5,6)9(15)16/h8H,7H2,1-6H3,(H,15,16)(H2,13,14,17). The van der Waals surface area contributed by atoms with Crippen molar-refractivity contribution in [1.29, 1.82) is 0 Å². The van der Waals surface area contributed by atoms with Crippen molar-refractivity contribution in [2.24, 2.45) is 11.3 Å². The van der Waals surface area contributed by atoms with E-state index in [1.165, 1.54) is 13.8 Å². The molecule has 17 heavy (non-hydrogen) atoms. The highest BCUT2D eigenvalue weighted by molar-refractivity contribution is 5.85. The van der Waals surface area contributed by atoms with Gasteiger partial charge in [0.2, 0.25) is 0 Å². The molecule has 2 amide bonds. The molecule has 0 aliphatic heterocycles. The van der Waals surface area contributed by atoms with Crippen molar-refractivity contribution in [2.45, 2.75) is 47.1 Å². The SMILES string of the molecule is CC(CNC(=O)NC(C)(C)C(=O)O)C(C)(C)C. The summed E-state index contributed by atoms with van der Waals surface area (Å²) >= 11 is 0.